The second-order valence-electron chi connectivity index (χ2n) is 7.32. The summed E-state index contributed by atoms with van der Waals surface area (Å²) in [4.78, 5) is 11.8. The molecule has 180 valence electrons. The first-order chi connectivity index (χ1) is 15.8. The van der Waals surface area contributed by atoms with Crippen LogP contribution in [-0.2, 0) is 4.74 Å². The molecule has 0 amide bonds. The summed E-state index contributed by atoms with van der Waals surface area (Å²) in [5.41, 5.74) is 0.0578. The normalized spacial score (nSPS) is 26.3. The second kappa shape index (κ2) is 10.7. The van der Waals surface area contributed by atoms with Gasteiger partial charge in [-0.1, -0.05) is 12.1 Å². The lowest BCUT2D eigenvalue weighted by molar-refractivity contribution is -0.277. The quantitative estimate of drug-likeness (QED) is 0.356. The van der Waals surface area contributed by atoms with Crippen LogP contribution in [0.1, 0.15) is 16.8 Å². The molecule has 2 heterocycles. The zero-order chi connectivity index (χ0) is 24.1. The lowest BCUT2D eigenvalue weighted by atomic mass is 9.99. The zero-order valence-corrected chi connectivity index (χ0v) is 17.7. The van der Waals surface area contributed by atoms with E-state index in [4.69, 9.17) is 29.2 Å². The first kappa shape index (κ1) is 24.6. The number of phenolic OH excluding ortho intramolecular Hbond substituents is 2. The summed E-state index contributed by atoms with van der Waals surface area (Å²) in [6.45, 7) is -0.410. The molecule has 11 heteroatoms. The molecule has 2 aliphatic heterocycles. The summed E-state index contributed by atoms with van der Waals surface area (Å²) in [7, 11) is 1.52. The molecular weight excluding hydrogens is 440 g/mol. The summed E-state index contributed by atoms with van der Waals surface area (Å²) in [6, 6.07) is 9.35. The fraction of sp³-hybridized carbons (Fsp3) is 0.409. The van der Waals surface area contributed by atoms with E-state index in [2.05, 4.69) is 0 Å². The number of para-hydroxylation sites is 2. The van der Waals surface area contributed by atoms with Crippen molar-refractivity contribution in [1.82, 2.24) is 0 Å². The van der Waals surface area contributed by atoms with Crippen LogP contribution in [0.5, 0.6) is 28.7 Å². The highest BCUT2D eigenvalue weighted by Crippen LogP contribution is 2.37. The number of methoxy groups -OCH3 is 1. The number of phenols is 2. The Labute approximate surface area is 189 Å². The maximum Gasteiger partial charge on any atom is 0.229 e. The number of hydrogen-bond donors (Lipinski definition) is 6. The molecule has 4 rings (SSSR count). The van der Waals surface area contributed by atoms with Crippen molar-refractivity contribution in [3.05, 3.63) is 42.0 Å². The van der Waals surface area contributed by atoms with Crippen LogP contribution in [0.2, 0.25) is 0 Å². The third-order valence-electron chi connectivity index (χ3n) is 5.11. The molecule has 0 radical (unpaired) electrons. The van der Waals surface area contributed by atoms with Crippen molar-refractivity contribution in [2.75, 3.05) is 20.3 Å². The Morgan fingerprint density at radius 3 is 2.39 bits per heavy atom. The van der Waals surface area contributed by atoms with Crippen molar-refractivity contribution in [2.24, 2.45) is 0 Å². The number of ketones is 1. The molecule has 11 nitrogen and oxygen atoms in total. The van der Waals surface area contributed by atoms with Crippen LogP contribution < -0.4 is 14.2 Å². The van der Waals surface area contributed by atoms with Gasteiger partial charge in [0.2, 0.25) is 6.29 Å². The second-order valence-corrected chi connectivity index (χ2v) is 7.32. The largest absolute Gasteiger partial charge is 0.507 e. The number of ether oxygens (including phenoxy) is 4. The number of rotatable bonds is 4. The van der Waals surface area contributed by atoms with E-state index in [0.717, 1.165) is 6.07 Å². The van der Waals surface area contributed by atoms with E-state index < -0.39 is 37.3 Å². The predicted molar refractivity (Wildman–Crippen MR) is 112 cm³/mol. The number of carbonyl (C=O) groups excluding carboxylic acids is 1. The molecule has 1 fully saturated rings. The van der Waals surface area contributed by atoms with Crippen LogP contribution in [0.15, 0.2) is 36.4 Å². The number of Topliss-reactive ketones (excluding diaryl/α,β-unsaturated/α-hetero) is 1. The lowest BCUT2D eigenvalue weighted by Gasteiger charge is -2.39. The van der Waals surface area contributed by atoms with Gasteiger partial charge in [0.25, 0.3) is 0 Å². The molecule has 33 heavy (non-hydrogen) atoms. The summed E-state index contributed by atoms with van der Waals surface area (Å²) >= 11 is 0. The smallest absolute Gasteiger partial charge is 0.229 e. The average molecular weight is 466 g/mol. The number of aliphatic hydroxyl groups is 4. The van der Waals surface area contributed by atoms with Gasteiger partial charge in [-0.05, 0) is 12.1 Å². The topological polar surface area (TPSA) is 175 Å². The van der Waals surface area contributed by atoms with Crippen LogP contribution >= 0.6 is 0 Å². The van der Waals surface area contributed by atoms with Gasteiger partial charge in [0.05, 0.1) is 20.3 Å². The van der Waals surface area contributed by atoms with Gasteiger partial charge in [0.15, 0.2) is 17.3 Å². The summed E-state index contributed by atoms with van der Waals surface area (Å²) in [5, 5.41) is 57.5. The number of fused-ring (bicyclic) bond motifs is 1. The van der Waals surface area contributed by atoms with Crippen molar-refractivity contribution in [2.45, 2.75) is 37.1 Å². The molecule has 6 N–H and O–H groups in total. The van der Waals surface area contributed by atoms with Gasteiger partial charge < -0.3 is 49.6 Å². The van der Waals surface area contributed by atoms with E-state index in [9.17, 15) is 25.2 Å². The molecule has 2 aromatic carbocycles. The molecule has 2 aliphatic rings. The van der Waals surface area contributed by atoms with Crippen LogP contribution in [0.3, 0.4) is 0 Å². The highest BCUT2D eigenvalue weighted by Gasteiger charge is 2.44. The molecule has 0 aromatic heterocycles. The Morgan fingerprint density at radius 2 is 1.76 bits per heavy atom. The molecule has 5 unspecified atom stereocenters. The Bertz CT molecular complexity index is 961. The SMILES string of the molecule is COc1ccccc1O.O=C1CCOc2cc(OC3OC(CO)C(O)C(O)C3O)cc(O)c21. The Kier molecular flexibility index (Phi) is 7.95. The van der Waals surface area contributed by atoms with Gasteiger partial charge in [-0.3, -0.25) is 4.79 Å². The molecule has 0 saturated carbocycles. The van der Waals surface area contributed by atoms with E-state index >= 15 is 0 Å². The zero-order valence-electron chi connectivity index (χ0n) is 17.7. The lowest BCUT2D eigenvalue weighted by Crippen LogP contribution is -2.60. The van der Waals surface area contributed by atoms with E-state index in [1.165, 1.54) is 13.2 Å². The van der Waals surface area contributed by atoms with Crippen molar-refractivity contribution < 1.29 is 54.4 Å². The summed E-state index contributed by atoms with van der Waals surface area (Å²) in [6.07, 6.45) is -7.00. The van der Waals surface area contributed by atoms with E-state index in [1.54, 1.807) is 24.3 Å². The van der Waals surface area contributed by atoms with Gasteiger partial charge >= 0.3 is 0 Å². The van der Waals surface area contributed by atoms with Gasteiger partial charge in [-0.15, -0.1) is 0 Å². The van der Waals surface area contributed by atoms with Gasteiger partial charge in [0, 0.05) is 18.6 Å². The van der Waals surface area contributed by atoms with Crippen molar-refractivity contribution in [3.8, 4) is 28.7 Å². The Balaban J connectivity index is 0.000000286. The maximum atomic E-state index is 11.8. The highest BCUT2D eigenvalue weighted by atomic mass is 16.7. The van der Waals surface area contributed by atoms with Crippen molar-refractivity contribution in [1.29, 1.82) is 0 Å². The number of benzene rings is 2. The number of aliphatic hydroxyl groups excluding tert-OH is 4. The van der Waals surface area contributed by atoms with Crippen LogP contribution in [-0.4, -0.2) is 87.5 Å². The van der Waals surface area contributed by atoms with Gasteiger partial charge in [-0.2, -0.15) is 0 Å². The molecule has 2 aromatic rings. The molecule has 0 aliphatic carbocycles. The number of carbonyl (C=O) groups is 1. The molecule has 0 spiro atoms. The monoisotopic (exact) mass is 466 g/mol. The van der Waals surface area contributed by atoms with E-state index in [0.29, 0.717) is 5.75 Å². The predicted octanol–water partition coefficient (Wildman–Crippen LogP) is -0.0631. The first-order valence-electron chi connectivity index (χ1n) is 10.1. The Morgan fingerprint density at radius 1 is 1.03 bits per heavy atom. The Hall–Kier alpha value is -3.09. The fourth-order valence-corrected chi connectivity index (χ4v) is 3.35. The molecule has 5 atom stereocenters. The third-order valence-corrected chi connectivity index (χ3v) is 5.11. The van der Waals surface area contributed by atoms with Gasteiger partial charge in [-0.25, -0.2) is 0 Å². The number of hydrogen-bond acceptors (Lipinski definition) is 11. The minimum Gasteiger partial charge on any atom is -0.507 e. The third kappa shape index (κ3) is 5.46. The van der Waals surface area contributed by atoms with Crippen LogP contribution in [0.4, 0.5) is 0 Å². The van der Waals surface area contributed by atoms with Crippen molar-refractivity contribution in [3.63, 3.8) is 0 Å². The highest BCUT2D eigenvalue weighted by molar-refractivity contribution is 6.02. The maximum absolute atomic E-state index is 11.8. The fourth-order valence-electron chi connectivity index (χ4n) is 3.35. The standard InChI is InChI=1S/C15H18O9.C7H8O2/c16-5-10-12(19)13(20)14(21)15(24-10)23-6-3-8(18)11-7(17)1-2-22-9(11)4-6;1-9-7-5-3-2-4-6(7)8/h3-4,10,12-16,18-21H,1-2,5H2;2-5,8H,1H3. The van der Waals surface area contributed by atoms with Crippen molar-refractivity contribution >= 4 is 5.78 Å². The summed E-state index contributed by atoms with van der Waals surface area (Å²) < 4.78 is 20.7. The number of aromatic hydroxyl groups is 2. The van der Waals surface area contributed by atoms with Crippen LogP contribution in [0, 0.1) is 0 Å². The summed E-state index contributed by atoms with van der Waals surface area (Å²) in [5.74, 6) is 0.276. The van der Waals surface area contributed by atoms with E-state index in [-0.39, 0.29) is 47.4 Å². The first-order valence-corrected chi connectivity index (χ1v) is 10.1. The van der Waals surface area contributed by atoms with Crippen LogP contribution in [0.25, 0.3) is 0 Å². The minimum atomic E-state index is -1.58. The molecular formula is C22H26O11. The minimum absolute atomic E-state index is 0.0327. The van der Waals surface area contributed by atoms with Gasteiger partial charge in [0.1, 0.15) is 47.2 Å². The molecule has 1 saturated heterocycles. The van der Waals surface area contributed by atoms with E-state index in [1.807, 2.05) is 0 Å². The molecule has 0 bridgehead atoms. The average Bonchev–Trinajstić information content (AvgIpc) is 2.80.